The van der Waals surface area contributed by atoms with Crippen molar-refractivity contribution < 1.29 is 9.53 Å². The number of para-hydroxylation sites is 2. The third-order valence-corrected chi connectivity index (χ3v) is 5.39. The number of nitrogens with one attached hydrogen (secondary N) is 1. The van der Waals surface area contributed by atoms with E-state index in [2.05, 4.69) is 9.88 Å². The smallest absolute Gasteiger partial charge is 0.251 e. The zero-order chi connectivity index (χ0) is 21.8. The number of rotatable bonds is 7. The zero-order valence-corrected chi connectivity index (χ0v) is 18.4. The number of halogens is 2. The summed E-state index contributed by atoms with van der Waals surface area (Å²) in [4.78, 5) is 17.5. The Bertz CT molecular complexity index is 1210. The van der Waals surface area contributed by atoms with Crippen LogP contribution in [0.4, 0.5) is 0 Å². The SMILES string of the molecule is CC(NC(=O)c1cccc(Cl)c1)c1nc2ccccc2n1CCOc1ccc(Cl)cc1. The molecule has 1 amide bonds. The molecule has 5 nitrogen and oxygen atoms in total. The van der Waals surface area contributed by atoms with Crippen LogP contribution in [-0.2, 0) is 6.54 Å². The van der Waals surface area contributed by atoms with Gasteiger partial charge in [0.05, 0.1) is 23.6 Å². The van der Waals surface area contributed by atoms with E-state index >= 15 is 0 Å². The summed E-state index contributed by atoms with van der Waals surface area (Å²) in [5.41, 5.74) is 2.36. The molecule has 31 heavy (non-hydrogen) atoms. The molecule has 1 atom stereocenters. The van der Waals surface area contributed by atoms with Crippen molar-refractivity contribution in [1.82, 2.24) is 14.9 Å². The molecule has 1 heterocycles. The number of aromatic nitrogens is 2. The Balaban J connectivity index is 1.53. The van der Waals surface area contributed by atoms with Gasteiger partial charge < -0.3 is 14.6 Å². The molecule has 1 unspecified atom stereocenters. The summed E-state index contributed by atoms with van der Waals surface area (Å²) in [5.74, 6) is 1.31. The van der Waals surface area contributed by atoms with E-state index in [0.29, 0.717) is 28.8 Å². The fourth-order valence-corrected chi connectivity index (χ4v) is 3.74. The van der Waals surface area contributed by atoms with Gasteiger partial charge in [-0.25, -0.2) is 4.98 Å². The van der Waals surface area contributed by atoms with Crippen molar-refractivity contribution in [2.75, 3.05) is 6.61 Å². The molecule has 0 aliphatic heterocycles. The van der Waals surface area contributed by atoms with Crippen LogP contribution >= 0.6 is 23.2 Å². The second-order valence-electron chi connectivity index (χ2n) is 7.12. The minimum absolute atomic E-state index is 0.203. The molecule has 1 N–H and O–H groups in total. The maximum Gasteiger partial charge on any atom is 0.251 e. The molecular weight excluding hydrogens is 433 g/mol. The Morgan fingerprint density at radius 3 is 2.58 bits per heavy atom. The molecule has 1 aromatic heterocycles. The average molecular weight is 454 g/mol. The van der Waals surface area contributed by atoms with Crippen LogP contribution in [-0.4, -0.2) is 22.1 Å². The first-order chi connectivity index (χ1) is 15.0. The van der Waals surface area contributed by atoms with Crippen LogP contribution in [0.3, 0.4) is 0 Å². The molecule has 4 rings (SSSR count). The fraction of sp³-hybridized carbons (Fsp3) is 0.167. The third-order valence-electron chi connectivity index (χ3n) is 4.90. The monoisotopic (exact) mass is 453 g/mol. The van der Waals surface area contributed by atoms with Crippen molar-refractivity contribution in [1.29, 1.82) is 0 Å². The summed E-state index contributed by atoms with van der Waals surface area (Å²) >= 11 is 12.0. The Morgan fingerprint density at radius 2 is 1.81 bits per heavy atom. The van der Waals surface area contributed by atoms with Gasteiger partial charge in [0, 0.05) is 15.6 Å². The Morgan fingerprint density at radius 1 is 1.03 bits per heavy atom. The van der Waals surface area contributed by atoms with E-state index in [9.17, 15) is 4.79 Å². The Hall–Kier alpha value is -3.02. The second-order valence-corrected chi connectivity index (χ2v) is 7.99. The van der Waals surface area contributed by atoms with Gasteiger partial charge in [-0.2, -0.15) is 0 Å². The molecule has 0 spiro atoms. The van der Waals surface area contributed by atoms with Gasteiger partial charge in [-0.3, -0.25) is 4.79 Å². The standard InChI is InChI=1S/C24H21Cl2N3O2/c1-16(27-24(30)17-5-4-6-19(26)15-17)23-28-21-7-2-3-8-22(21)29(23)13-14-31-20-11-9-18(25)10-12-20/h2-12,15-16H,13-14H2,1H3,(H,27,30). The number of nitrogens with zero attached hydrogens (tertiary/aromatic N) is 2. The number of carbonyl (C=O) groups excluding carboxylic acids is 1. The van der Waals surface area contributed by atoms with E-state index in [0.717, 1.165) is 22.6 Å². The van der Waals surface area contributed by atoms with Crippen LogP contribution in [0.5, 0.6) is 5.75 Å². The molecule has 4 aromatic rings. The topological polar surface area (TPSA) is 56.2 Å². The van der Waals surface area contributed by atoms with Gasteiger partial charge in [-0.1, -0.05) is 41.4 Å². The summed E-state index contributed by atoms with van der Waals surface area (Å²) in [6.07, 6.45) is 0. The highest BCUT2D eigenvalue weighted by molar-refractivity contribution is 6.31. The van der Waals surface area contributed by atoms with Crippen LogP contribution < -0.4 is 10.1 Å². The summed E-state index contributed by atoms with van der Waals surface area (Å²) in [7, 11) is 0. The molecule has 0 saturated heterocycles. The highest BCUT2D eigenvalue weighted by atomic mass is 35.5. The first-order valence-electron chi connectivity index (χ1n) is 9.91. The minimum Gasteiger partial charge on any atom is -0.492 e. The van der Waals surface area contributed by atoms with E-state index in [4.69, 9.17) is 32.9 Å². The molecule has 0 fully saturated rings. The number of benzene rings is 3. The molecule has 0 saturated carbocycles. The van der Waals surface area contributed by atoms with Crippen molar-refractivity contribution in [2.24, 2.45) is 0 Å². The Kier molecular flexibility index (Phi) is 6.44. The lowest BCUT2D eigenvalue weighted by Crippen LogP contribution is -2.29. The van der Waals surface area contributed by atoms with Gasteiger partial charge in [0.2, 0.25) is 0 Å². The summed E-state index contributed by atoms with van der Waals surface area (Å²) in [5, 5.41) is 4.21. The van der Waals surface area contributed by atoms with Crippen molar-refractivity contribution >= 4 is 40.1 Å². The lowest BCUT2D eigenvalue weighted by atomic mass is 10.2. The number of fused-ring (bicyclic) bond motifs is 1. The minimum atomic E-state index is -0.311. The molecule has 158 valence electrons. The van der Waals surface area contributed by atoms with Gasteiger partial charge >= 0.3 is 0 Å². The lowest BCUT2D eigenvalue weighted by molar-refractivity contribution is 0.0937. The quantitative estimate of drug-likeness (QED) is 0.378. The van der Waals surface area contributed by atoms with Crippen LogP contribution in [0, 0.1) is 0 Å². The van der Waals surface area contributed by atoms with Gasteiger partial charge in [-0.05, 0) is 61.5 Å². The molecule has 0 radical (unpaired) electrons. The number of hydrogen-bond acceptors (Lipinski definition) is 3. The van der Waals surface area contributed by atoms with E-state index in [-0.39, 0.29) is 11.9 Å². The first-order valence-corrected chi connectivity index (χ1v) is 10.7. The number of imidazole rings is 1. The maximum absolute atomic E-state index is 12.7. The number of ether oxygens (including phenoxy) is 1. The summed E-state index contributed by atoms with van der Waals surface area (Å²) < 4.78 is 7.95. The molecule has 0 aliphatic carbocycles. The summed E-state index contributed by atoms with van der Waals surface area (Å²) in [6.45, 7) is 2.94. The fourth-order valence-electron chi connectivity index (χ4n) is 3.42. The van der Waals surface area contributed by atoms with E-state index < -0.39 is 0 Å². The van der Waals surface area contributed by atoms with Crippen molar-refractivity contribution in [3.63, 3.8) is 0 Å². The van der Waals surface area contributed by atoms with E-state index in [1.165, 1.54) is 0 Å². The molecular formula is C24H21Cl2N3O2. The zero-order valence-electron chi connectivity index (χ0n) is 16.9. The van der Waals surface area contributed by atoms with Gasteiger partial charge in [-0.15, -0.1) is 0 Å². The van der Waals surface area contributed by atoms with Gasteiger partial charge in [0.1, 0.15) is 18.2 Å². The highest BCUT2D eigenvalue weighted by Crippen LogP contribution is 2.22. The number of amides is 1. The van der Waals surface area contributed by atoms with E-state index in [1.54, 1.807) is 36.4 Å². The normalized spacial score (nSPS) is 12.0. The summed E-state index contributed by atoms with van der Waals surface area (Å²) in [6, 6.07) is 21.7. The third kappa shape index (κ3) is 5.01. The predicted molar refractivity (Wildman–Crippen MR) is 124 cm³/mol. The van der Waals surface area contributed by atoms with Gasteiger partial charge in [0.15, 0.2) is 0 Å². The van der Waals surface area contributed by atoms with Crippen molar-refractivity contribution in [2.45, 2.75) is 19.5 Å². The van der Waals surface area contributed by atoms with Gasteiger partial charge in [0.25, 0.3) is 5.91 Å². The van der Waals surface area contributed by atoms with Crippen molar-refractivity contribution in [3.05, 3.63) is 94.2 Å². The lowest BCUT2D eigenvalue weighted by Gasteiger charge is -2.17. The van der Waals surface area contributed by atoms with Crippen LogP contribution in [0.2, 0.25) is 10.0 Å². The molecule has 3 aromatic carbocycles. The number of carbonyl (C=O) groups is 1. The van der Waals surface area contributed by atoms with Crippen LogP contribution in [0.1, 0.15) is 29.1 Å². The van der Waals surface area contributed by atoms with Crippen LogP contribution in [0.15, 0.2) is 72.8 Å². The molecule has 7 heteroatoms. The maximum atomic E-state index is 12.7. The molecule has 0 bridgehead atoms. The predicted octanol–water partition coefficient (Wildman–Crippen LogP) is 5.91. The Labute approximate surface area is 190 Å². The molecule has 0 aliphatic rings. The highest BCUT2D eigenvalue weighted by Gasteiger charge is 2.19. The van der Waals surface area contributed by atoms with Crippen molar-refractivity contribution in [3.8, 4) is 5.75 Å². The number of hydrogen-bond donors (Lipinski definition) is 1. The van der Waals surface area contributed by atoms with Crippen LogP contribution in [0.25, 0.3) is 11.0 Å². The van der Waals surface area contributed by atoms with E-state index in [1.807, 2.05) is 43.3 Å². The largest absolute Gasteiger partial charge is 0.492 e. The second kappa shape index (κ2) is 9.41. The average Bonchev–Trinajstić information content (AvgIpc) is 3.14. The first kappa shape index (κ1) is 21.2.